The van der Waals surface area contributed by atoms with Crippen LogP contribution in [0.15, 0.2) is 35.1 Å². The number of amides is 1. The minimum Gasteiger partial charge on any atom is -0.381 e. The van der Waals surface area contributed by atoms with Crippen molar-refractivity contribution in [2.45, 2.75) is 58.2 Å². The van der Waals surface area contributed by atoms with E-state index >= 15 is 0 Å². The van der Waals surface area contributed by atoms with Gasteiger partial charge in [-0.05, 0) is 56.2 Å². The van der Waals surface area contributed by atoms with Crippen LogP contribution in [0.5, 0.6) is 0 Å². The molecule has 1 saturated carbocycles. The van der Waals surface area contributed by atoms with Crippen LogP contribution in [0.3, 0.4) is 0 Å². The molecule has 1 aliphatic carbocycles. The number of aryl methyl sites for hydroxylation is 1. The topological polar surface area (TPSA) is 77.6 Å². The fourth-order valence-corrected chi connectivity index (χ4v) is 4.37. The number of rotatable bonds is 5. The molecular weight excluding hydrogens is 368 g/mol. The van der Waals surface area contributed by atoms with Gasteiger partial charge in [0.1, 0.15) is 0 Å². The van der Waals surface area contributed by atoms with Crippen LogP contribution in [-0.4, -0.2) is 39.3 Å². The Morgan fingerprint density at radius 2 is 2.14 bits per heavy atom. The summed E-state index contributed by atoms with van der Waals surface area (Å²) in [4.78, 5) is 25.7. The number of carbonyl (C=O) groups excluding carboxylic acids is 1. The average molecular weight is 396 g/mol. The fourth-order valence-electron chi connectivity index (χ4n) is 4.37. The van der Waals surface area contributed by atoms with E-state index in [4.69, 9.17) is 4.74 Å². The molecule has 154 valence electrons. The Morgan fingerprint density at radius 1 is 1.34 bits per heavy atom. The van der Waals surface area contributed by atoms with E-state index in [1.807, 2.05) is 44.2 Å². The van der Waals surface area contributed by atoms with E-state index in [2.05, 4.69) is 10.4 Å². The first-order valence-electron chi connectivity index (χ1n) is 10.3. The SMILES string of the molecule is CO[C@@H]1CCC[C@@H](C(=O)N[C@@H](C)Cn2nc3c(C)cc4ccccc4n3c2=O)C1. The van der Waals surface area contributed by atoms with E-state index in [0.29, 0.717) is 12.2 Å². The van der Waals surface area contributed by atoms with Gasteiger partial charge in [-0.2, -0.15) is 0 Å². The molecule has 3 atom stereocenters. The van der Waals surface area contributed by atoms with Gasteiger partial charge in [-0.1, -0.05) is 24.6 Å². The van der Waals surface area contributed by atoms with E-state index < -0.39 is 0 Å². The predicted molar refractivity (Wildman–Crippen MR) is 112 cm³/mol. The molecule has 3 aromatic rings. The maximum Gasteiger partial charge on any atom is 0.350 e. The van der Waals surface area contributed by atoms with Crippen molar-refractivity contribution in [2.75, 3.05) is 7.11 Å². The number of hydrogen-bond donors (Lipinski definition) is 1. The first kappa shape index (κ1) is 19.6. The maximum absolute atomic E-state index is 13.0. The van der Waals surface area contributed by atoms with Crippen molar-refractivity contribution in [1.82, 2.24) is 19.5 Å². The lowest BCUT2D eigenvalue weighted by Gasteiger charge is -2.28. The van der Waals surface area contributed by atoms with Crippen molar-refractivity contribution in [3.05, 3.63) is 46.4 Å². The molecule has 2 aromatic heterocycles. The molecule has 1 aromatic carbocycles. The summed E-state index contributed by atoms with van der Waals surface area (Å²) in [6.45, 7) is 4.20. The van der Waals surface area contributed by atoms with Crippen molar-refractivity contribution in [2.24, 2.45) is 5.92 Å². The first-order valence-corrected chi connectivity index (χ1v) is 10.3. The normalized spacial score (nSPS) is 20.8. The molecule has 2 heterocycles. The number of carbonyl (C=O) groups is 1. The van der Waals surface area contributed by atoms with Gasteiger partial charge in [0.2, 0.25) is 5.91 Å². The van der Waals surface area contributed by atoms with Gasteiger partial charge in [-0.15, -0.1) is 5.10 Å². The number of methoxy groups -OCH3 is 1. The van der Waals surface area contributed by atoms with Crippen LogP contribution in [0.25, 0.3) is 16.6 Å². The molecule has 1 aliphatic rings. The number of aromatic nitrogens is 3. The van der Waals surface area contributed by atoms with Crippen molar-refractivity contribution in [3.8, 4) is 0 Å². The summed E-state index contributed by atoms with van der Waals surface area (Å²) in [5.74, 6) is 0.0119. The minimum absolute atomic E-state index is 0.0277. The summed E-state index contributed by atoms with van der Waals surface area (Å²) < 4.78 is 8.54. The summed E-state index contributed by atoms with van der Waals surface area (Å²) in [5, 5.41) is 8.61. The summed E-state index contributed by atoms with van der Waals surface area (Å²) in [7, 11) is 1.70. The van der Waals surface area contributed by atoms with Gasteiger partial charge in [0.05, 0.1) is 18.2 Å². The molecule has 0 spiro atoms. The number of pyridine rings is 1. The zero-order valence-electron chi connectivity index (χ0n) is 17.2. The zero-order chi connectivity index (χ0) is 20.5. The van der Waals surface area contributed by atoms with Crippen LogP contribution in [0.4, 0.5) is 0 Å². The Hall–Kier alpha value is -2.67. The lowest BCUT2D eigenvalue weighted by Crippen LogP contribution is -2.43. The third-order valence-electron chi connectivity index (χ3n) is 5.91. The van der Waals surface area contributed by atoms with E-state index in [1.165, 1.54) is 4.68 Å². The molecule has 29 heavy (non-hydrogen) atoms. The van der Waals surface area contributed by atoms with Crippen LogP contribution >= 0.6 is 0 Å². The van der Waals surface area contributed by atoms with Crippen molar-refractivity contribution < 1.29 is 9.53 Å². The molecule has 1 N–H and O–H groups in total. The molecular formula is C22H28N4O3. The minimum atomic E-state index is -0.195. The molecule has 0 unspecified atom stereocenters. The second-order valence-corrected chi connectivity index (χ2v) is 8.14. The maximum atomic E-state index is 13.0. The van der Waals surface area contributed by atoms with Crippen molar-refractivity contribution in [1.29, 1.82) is 0 Å². The number of fused-ring (bicyclic) bond motifs is 3. The second kappa shape index (κ2) is 7.99. The summed E-state index contributed by atoms with van der Waals surface area (Å²) in [5.41, 5.74) is 2.26. The Balaban J connectivity index is 1.54. The van der Waals surface area contributed by atoms with Gasteiger partial charge < -0.3 is 10.1 Å². The summed E-state index contributed by atoms with van der Waals surface area (Å²) in [6, 6.07) is 9.64. The second-order valence-electron chi connectivity index (χ2n) is 8.14. The first-order chi connectivity index (χ1) is 14.0. The molecule has 1 fully saturated rings. The highest BCUT2D eigenvalue weighted by atomic mass is 16.5. The number of para-hydroxylation sites is 1. The number of hydrogen-bond acceptors (Lipinski definition) is 4. The fraction of sp³-hybridized carbons (Fsp3) is 0.500. The van der Waals surface area contributed by atoms with E-state index in [0.717, 1.165) is 42.1 Å². The van der Waals surface area contributed by atoms with E-state index in [-0.39, 0.29) is 29.7 Å². The quantitative estimate of drug-likeness (QED) is 0.719. The van der Waals surface area contributed by atoms with Crippen LogP contribution in [0.1, 0.15) is 38.2 Å². The van der Waals surface area contributed by atoms with Crippen LogP contribution in [-0.2, 0) is 16.1 Å². The molecule has 0 bridgehead atoms. The van der Waals surface area contributed by atoms with Gasteiger partial charge in [0, 0.05) is 19.1 Å². The molecule has 4 rings (SSSR count). The predicted octanol–water partition coefficient (Wildman–Crippen LogP) is 2.67. The lowest BCUT2D eigenvalue weighted by molar-refractivity contribution is -0.128. The Labute approximate surface area is 169 Å². The van der Waals surface area contributed by atoms with E-state index in [1.54, 1.807) is 11.5 Å². The number of nitrogens with one attached hydrogen (secondary N) is 1. The number of nitrogens with zero attached hydrogens (tertiary/aromatic N) is 3. The van der Waals surface area contributed by atoms with E-state index in [9.17, 15) is 9.59 Å². The van der Waals surface area contributed by atoms with Crippen LogP contribution in [0.2, 0.25) is 0 Å². The van der Waals surface area contributed by atoms with Gasteiger partial charge in [-0.25, -0.2) is 13.9 Å². The smallest absolute Gasteiger partial charge is 0.350 e. The highest BCUT2D eigenvalue weighted by Gasteiger charge is 2.28. The number of ether oxygens (including phenoxy) is 1. The van der Waals surface area contributed by atoms with Crippen molar-refractivity contribution in [3.63, 3.8) is 0 Å². The highest BCUT2D eigenvalue weighted by Crippen LogP contribution is 2.26. The third-order valence-corrected chi connectivity index (χ3v) is 5.91. The third kappa shape index (κ3) is 3.79. The Morgan fingerprint density at radius 3 is 2.93 bits per heavy atom. The van der Waals surface area contributed by atoms with Crippen LogP contribution < -0.4 is 11.0 Å². The highest BCUT2D eigenvalue weighted by molar-refractivity contribution is 5.83. The van der Waals surface area contributed by atoms with Gasteiger partial charge in [-0.3, -0.25) is 4.79 Å². The molecule has 0 saturated heterocycles. The number of benzene rings is 1. The average Bonchev–Trinajstić information content (AvgIpc) is 3.05. The standard InChI is InChI=1S/C22H28N4O3/c1-14-11-16-7-4-5-10-19(16)26-20(14)24-25(22(26)28)13-15(2)23-21(27)17-8-6-9-18(12-17)29-3/h4-5,7,10-11,15,17-18H,6,8-9,12-13H2,1-3H3,(H,23,27)/t15-,17+,18+/m0/s1. The van der Waals surface area contributed by atoms with Crippen LogP contribution in [0, 0.1) is 12.8 Å². The summed E-state index contributed by atoms with van der Waals surface area (Å²) >= 11 is 0. The lowest BCUT2D eigenvalue weighted by atomic mass is 9.86. The van der Waals surface area contributed by atoms with Gasteiger partial charge in [0.15, 0.2) is 5.65 Å². The summed E-state index contributed by atoms with van der Waals surface area (Å²) in [6.07, 6.45) is 3.82. The Bertz CT molecular complexity index is 1100. The molecule has 0 radical (unpaired) electrons. The van der Waals surface area contributed by atoms with Crippen molar-refractivity contribution >= 4 is 22.5 Å². The Kier molecular flexibility index (Phi) is 5.41. The molecule has 1 amide bonds. The molecule has 0 aliphatic heterocycles. The monoisotopic (exact) mass is 396 g/mol. The molecule has 7 heteroatoms. The van der Waals surface area contributed by atoms with Gasteiger partial charge >= 0.3 is 5.69 Å². The van der Waals surface area contributed by atoms with Gasteiger partial charge in [0.25, 0.3) is 0 Å². The zero-order valence-corrected chi connectivity index (χ0v) is 17.2. The molecule has 7 nitrogen and oxygen atoms in total. The largest absolute Gasteiger partial charge is 0.381 e.